The fourth-order valence-electron chi connectivity index (χ4n) is 2.98. The maximum Gasteiger partial charge on any atom is 0.134 e. The first-order valence-corrected chi connectivity index (χ1v) is 9.39. The van der Waals surface area contributed by atoms with Crippen LogP contribution in [0.15, 0.2) is 30.6 Å². The zero-order chi connectivity index (χ0) is 17.4. The van der Waals surface area contributed by atoms with Crippen molar-refractivity contribution in [3.05, 3.63) is 35.6 Å². The molecule has 3 nitrogen and oxygen atoms in total. The first-order chi connectivity index (χ1) is 11.6. The van der Waals surface area contributed by atoms with Gasteiger partial charge in [0.2, 0.25) is 0 Å². The van der Waals surface area contributed by atoms with Gasteiger partial charge in [0.25, 0.3) is 0 Å². The second-order valence-corrected chi connectivity index (χ2v) is 7.41. The zero-order valence-electron chi connectivity index (χ0n) is 14.8. The Hall–Kier alpha value is -1.32. The summed E-state index contributed by atoms with van der Waals surface area (Å²) in [6.07, 6.45) is 11.9. The van der Waals surface area contributed by atoms with Crippen LogP contribution < -0.4 is 5.32 Å². The van der Waals surface area contributed by atoms with Crippen LogP contribution in [0.4, 0.5) is 0 Å². The van der Waals surface area contributed by atoms with Crippen LogP contribution in [0.1, 0.15) is 52.4 Å². The van der Waals surface area contributed by atoms with Gasteiger partial charge in [0.1, 0.15) is 5.75 Å². The van der Waals surface area contributed by atoms with Crippen LogP contribution >= 0.6 is 11.6 Å². The quantitative estimate of drug-likeness (QED) is 0.761. The molecule has 0 unspecified atom stereocenters. The van der Waals surface area contributed by atoms with Crippen molar-refractivity contribution in [2.75, 3.05) is 6.54 Å². The van der Waals surface area contributed by atoms with Crippen molar-refractivity contribution in [1.82, 2.24) is 10.3 Å². The first kappa shape index (κ1) is 19.0. The van der Waals surface area contributed by atoms with Crippen LogP contribution in [0, 0.1) is 5.92 Å². The lowest BCUT2D eigenvalue weighted by Crippen LogP contribution is -2.32. The number of aromatic nitrogens is 1. The molecule has 1 saturated carbocycles. The Balaban J connectivity index is 0.000000174. The zero-order valence-corrected chi connectivity index (χ0v) is 15.5. The van der Waals surface area contributed by atoms with E-state index in [0.29, 0.717) is 5.02 Å². The molecule has 1 heterocycles. The standard InChI is InChI=1S/C11H23N.C9H6ClNO/c1-10(2)8-9-12-11-6-4-3-5-7-11;10-8-3-7-5-11-2-1-6(7)4-9(8)12/h10-12H,3-9H2,1-2H3;1-5,12H. The lowest BCUT2D eigenvalue weighted by molar-refractivity contribution is 0.364. The number of nitrogens with zero attached hydrogens (tertiary/aromatic N) is 1. The summed E-state index contributed by atoms with van der Waals surface area (Å²) in [6.45, 7) is 5.81. The van der Waals surface area contributed by atoms with E-state index < -0.39 is 0 Å². The lowest BCUT2D eigenvalue weighted by atomic mass is 9.95. The van der Waals surface area contributed by atoms with Gasteiger partial charge in [-0.1, -0.05) is 44.7 Å². The van der Waals surface area contributed by atoms with E-state index in [4.69, 9.17) is 11.6 Å². The number of nitrogens with one attached hydrogen (secondary N) is 1. The van der Waals surface area contributed by atoms with Crippen molar-refractivity contribution in [3.63, 3.8) is 0 Å². The molecule has 1 aromatic heterocycles. The summed E-state index contributed by atoms with van der Waals surface area (Å²) in [6, 6.07) is 5.99. The molecule has 0 atom stereocenters. The molecule has 1 aliphatic rings. The largest absolute Gasteiger partial charge is 0.506 e. The minimum atomic E-state index is 0.107. The van der Waals surface area contributed by atoms with Gasteiger partial charge in [-0.25, -0.2) is 0 Å². The summed E-state index contributed by atoms with van der Waals surface area (Å²) in [5, 5.41) is 15.1. The summed E-state index contributed by atoms with van der Waals surface area (Å²) in [4.78, 5) is 3.94. The molecule has 3 rings (SSSR count). The molecule has 1 fully saturated rings. The Labute approximate surface area is 150 Å². The monoisotopic (exact) mass is 348 g/mol. The lowest BCUT2D eigenvalue weighted by Gasteiger charge is -2.23. The van der Waals surface area contributed by atoms with Gasteiger partial charge in [0, 0.05) is 23.8 Å². The molecule has 24 heavy (non-hydrogen) atoms. The van der Waals surface area contributed by atoms with Crippen LogP contribution in [-0.4, -0.2) is 22.7 Å². The maximum absolute atomic E-state index is 9.26. The summed E-state index contributed by atoms with van der Waals surface area (Å²) in [5.74, 6) is 0.955. The minimum absolute atomic E-state index is 0.107. The SMILES string of the molecule is CC(C)CCNC1CCCCC1.Oc1cc2ccncc2cc1Cl. The number of halogens is 1. The number of phenolic OH excluding ortho intramolecular Hbond substituents is 1. The van der Waals surface area contributed by atoms with Gasteiger partial charge in [-0.15, -0.1) is 0 Å². The maximum atomic E-state index is 9.26. The van der Waals surface area contributed by atoms with Gasteiger partial charge in [-0.05, 0) is 55.3 Å². The number of aromatic hydroxyl groups is 1. The number of fused-ring (bicyclic) bond motifs is 1. The molecule has 2 N–H and O–H groups in total. The Morgan fingerprint density at radius 2 is 1.96 bits per heavy atom. The highest BCUT2D eigenvalue weighted by atomic mass is 35.5. The van der Waals surface area contributed by atoms with E-state index in [-0.39, 0.29) is 5.75 Å². The van der Waals surface area contributed by atoms with Gasteiger partial charge in [0.05, 0.1) is 5.02 Å². The van der Waals surface area contributed by atoms with Crippen LogP contribution in [0.3, 0.4) is 0 Å². The molecule has 0 spiro atoms. The summed E-state index contributed by atoms with van der Waals surface area (Å²) < 4.78 is 0. The number of hydrogen-bond donors (Lipinski definition) is 2. The third-order valence-electron chi connectivity index (χ3n) is 4.47. The van der Waals surface area contributed by atoms with E-state index in [0.717, 1.165) is 22.7 Å². The Morgan fingerprint density at radius 3 is 2.67 bits per heavy atom. The van der Waals surface area contributed by atoms with Gasteiger partial charge in [-0.3, -0.25) is 4.98 Å². The molecular formula is C20H29ClN2O. The third kappa shape index (κ3) is 6.29. The molecule has 0 bridgehead atoms. The Kier molecular flexibility index (Phi) is 7.80. The van der Waals surface area contributed by atoms with E-state index in [1.807, 2.05) is 6.07 Å². The molecule has 2 aromatic rings. The summed E-state index contributed by atoms with van der Waals surface area (Å²) in [5.41, 5.74) is 0. The van der Waals surface area contributed by atoms with Crippen LogP contribution in [0.25, 0.3) is 10.8 Å². The van der Waals surface area contributed by atoms with E-state index in [2.05, 4.69) is 24.1 Å². The number of phenols is 1. The Bertz CT molecular complexity index is 584. The third-order valence-corrected chi connectivity index (χ3v) is 4.77. The van der Waals surface area contributed by atoms with Gasteiger partial charge >= 0.3 is 0 Å². The fourth-order valence-corrected chi connectivity index (χ4v) is 3.15. The van der Waals surface area contributed by atoms with Crippen LogP contribution in [0.2, 0.25) is 5.02 Å². The molecule has 0 aliphatic heterocycles. The van der Waals surface area contributed by atoms with Crippen molar-refractivity contribution >= 4 is 22.4 Å². The van der Waals surface area contributed by atoms with Crippen molar-refractivity contribution in [2.45, 2.75) is 58.4 Å². The van der Waals surface area contributed by atoms with Crippen LogP contribution in [0.5, 0.6) is 5.75 Å². The fraction of sp³-hybridized carbons (Fsp3) is 0.550. The molecule has 132 valence electrons. The average molecular weight is 349 g/mol. The van der Waals surface area contributed by atoms with Crippen molar-refractivity contribution in [1.29, 1.82) is 0 Å². The van der Waals surface area contributed by atoms with Crippen LogP contribution in [-0.2, 0) is 0 Å². The normalized spacial score (nSPS) is 15.3. The van der Waals surface area contributed by atoms with Crippen molar-refractivity contribution in [2.24, 2.45) is 5.92 Å². The second-order valence-electron chi connectivity index (χ2n) is 7.00. The highest BCUT2D eigenvalue weighted by molar-refractivity contribution is 6.32. The highest BCUT2D eigenvalue weighted by Gasteiger charge is 2.11. The van der Waals surface area contributed by atoms with Gasteiger partial charge < -0.3 is 10.4 Å². The molecule has 1 aliphatic carbocycles. The topological polar surface area (TPSA) is 45.1 Å². The number of hydrogen-bond acceptors (Lipinski definition) is 3. The molecule has 0 amide bonds. The number of rotatable bonds is 4. The number of pyridine rings is 1. The highest BCUT2D eigenvalue weighted by Crippen LogP contribution is 2.27. The van der Waals surface area contributed by atoms with Crippen molar-refractivity contribution in [3.8, 4) is 5.75 Å². The first-order valence-electron chi connectivity index (χ1n) is 9.02. The number of benzene rings is 1. The molecule has 1 aromatic carbocycles. The minimum Gasteiger partial charge on any atom is -0.506 e. The van der Waals surface area contributed by atoms with Crippen molar-refractivity contribution < 1.29 is 5.11 Å². The smallest absolute Gasteiger partial charge is 0.134 e. The summed E-state index contributed by atoms with van der Waals surface area (Å²) in [7, 11) is 0. The predicted octanol–water partition coefficient (Wildman–Crippen LogP) is 5.55. The Morgan fingerprint density at radius 1 is 1.21 bits per heavy atom. The molecule has 4 heteroatoms. The molecule has 0 saturated heterocycles. The van der Waals surface area contributed by atoms with Gasteiger partial charge in [0.15, 0.2) is 0 Å². The summed E-state index contributed by atoms with van der Waals surface area (Å²) >= 11 is 5.71. The van der Waals surface area contributed by atoms with E-state index in [1.54, 1.807) is 24.5 Å². The molecular weight excluding hydrogens is 320 g/mol. The van der Waals surface area contributed by atoms with E-state index in [1.165, 1.54) is 45.1 Å². The molecule has 0 radical (unpaired) electrons. The van der Waals surface area contributed by atoms with E-state index in [9.17, 15) is 5.11 Å². The van der Waals surface area contributed by atoms with Gasteiger partial charge in [-0.2, -0.15) is 0 Å². The second kappa shape index (κ2) is 9.85. The van der Waals surface area contributed by atoms with E-state index >= 15 is 0 Å². The average Bonchev–Trinajstić information content (AvgIpc) is 2.57. The predicted molar refractivity (Wildman–Crippen MR) is 103 cm³/mol.